The molecule has 1 unspecified atom stereocenters. The number of aliphatic hydroxyl groups excluding tert-OH is 1. The minimum absolute atomic E-state index is 0.0934. The number of furan rings is 1. The topological polar surface area (TPSA) is 82.8 Å². The first-order valence-corrected chi connectivity index (χ1v) is 6.15. The van der Waals surface area contributed by atoms with E-state index >= 15 is 0 Å². The standard InChI is InChI=1S/C11H15BrN2O4/c1-7(15)5-13-10(16)6-14(2)11(17)8-3-4-9(12)18-8/h3-4,7,15H,5-6H2,1-2H3,(H,13,16). The van der Waals surface area contributed by atoms with Gasteiger partial charge in [0.1, 0.15) is 0 Å². The fraction of sp³-hybridized carbons (Fsp3) is 0.455. The van der Waals surface area contributed by atoms with Crippen LogP contribution in [0.25, 0.3) is 0 Å². The number of amides is 2. The SMILES string of the molecule is CC(O)CNC(=O)CN(C)C(=O)c1ccc(Br)o1. The lowest BCUT2D eigenvalue weighted by molar-refractivity contribution is -0.122. The Balaban J connectivity index is 2.47. The third-order valence-corrected chi connectivity index (χ3v) is 2.53. The van der Waals surface area contributed by atoms with Gasteiger partial charge in [0, 0.05) is 13.6 Å². The molecule has 0 radical (unpaired) electrons. The number of carbonyl (C=O) groups excluding carboxylic acids is 2. The maximum Gasteiger partial charge on any atom is 0.289 e. The molecule has 0 aromatic carbocycles. The summed E-state index contributed by atoms with van der Waals surface area (Å²) in [5, 5.41) is 11.5. The number of rotatable bonds is 5. The number of aliphatic hydroxyl groups is 1. The van der Waals surface area contributed by atoms with Gasteiger partial charge in [0.25, 0.3) is 5.91 Å². The minimum atomic E-state index is -0.615. The smallest absolute Gasteiger partial charge is 0.289 e. The number of hydrogen-bond donors (Lipinski definition) is 2. The van der Waals surface area contributed by atoms with Gasteiger partial charge in [-0.1, -0.05) is 0 Å². The second-order valence-corrected chi connectivity index (χ2v) is 4.70. The lowest BCUT2D eigenvalue weighted by atomic mass is 10.3. The molecule has 0 fully saturated rings. The number of likely N-dealkylation sites (N-methyl/N-ethyl adjacent to an activating group) is 1. The Morgan fingerprint density at radius 1 is 1.56 bits per heavy atom. The summed E-state index contributed by atoms with van der Waals surface area (Å²) in [5.74, 6) is -0.557. The van der Waals surface area contributed by atoms with Crippen LogP contribution >= 0.6 is 15.9 Å². The summed E-state index contributed by atoms with van der Waals surface area (Å²) in [6.45, 7) is 1.63. The molecule has 6 nitrogen and oxygen atoms in total. The molecule has 0 aliphatic heterocycles. The highest BCUT2D eigenvalue weighted by molar-refractivity contribution is 9.10. The number of halogens is 1. The molecular formula is C11H15BrN2O4. The monoisotopic (exact) mass is 318 g/mol. The van der Waals surface area contributed by atoms with Gasteiger partial charge in [0.05, 0.1) is 12.6 Å². The van der Waals surface area contributed by atoms with Gasteiger partial charge >= 0.3 is 0 Å². The highest BCUT2D eigenvalue weighted by Crippen LogP contribution is 2.15. The van der Waals surface area contributed by atoms with E-state index in [4.69, 9.17) is 9.52 Å². The molecular weight excluding hydrogens is 304 g/mol. The van der Waals surface area contributed by atoms with Gasteiger partial charge in [0.15, 0.2) is 10.4 Å². The lowest BCUT2D eigenvalue weighted by Crippen LogP contribution is -2.40. The van der Waals surface area contributed by atoms with E-state index in [1.54, 1.807) is 13.0 Å². The van der Waals surface area contributed by atoms with Crippen LogP contribution in [0.4, 0.5) is 0 Å². The minimum Gasteiger partial charge on any atom is -0.444 e. The van der Waals surface area contributed by atoms with Crippen molar-refractivity contribution in [3.05, 3.63) is 22.6 Å². The number of nitrogens with one attached hydrogen (secondary N) is 1. The van der Waals surface area contributed by atoms with Crippen molar-refractivity contribution in [1.82, 2.24) is 10.2 Å². The van der Waals surface area contributed by atoms with Gasteiger partial charge in [-0.2, -0.15) is 0 Å². The van der Waals surface area contributed by atoms with E-state index in [1.165, 1.54) is 18.0 Å². The number of carbonyl (C=O) groups is 2. The molecule has 18 heavy (non-hydrogen) atoms. The maximum absolute atomic E-state index is 11.8. The molecule has 0 bridgehead atoms. The molecule has 100 valence electrons. The van der Waals surface area contributed by atoms with Crippen LogP contribution in [0.15, 0.2) is 21.2 Å². The van der Waals surface area contributed by atoms with Crippen molar-refractivity contribution in [1.29, 1.82) is 0 Å². The van der Waals surface area contributed by atoms with Gasteiger partial charge in [0.2, 0.25) is 5.91 Å². The fourth-order valence-corrected chi connectivity index (χ4v) is 1.53. The summed E-state index contributed by atoms with van der Waals surface area (Å²) in [6.07, 6.45) is -0.615. The van der Waals surface area contributed by atoms with Crippen LogP contribution in [0.3, 0.4) is 0 Å². The van der Waals surface area contributed by atoms with E-state index in [1.807, 2.05) is 0 Å². The Labute approximate surface area is 113 Å². The molecule has 0 saturated carbocycles. The van der Waals surface area contributed by atoms with Crippen LogP contribution in [0.2, 0.25) is 0 Å². The molecule has 0 saturated heterocycles. The third kappa shape index (κ3) is 4.50. The van der Waals surface area contributed by atoms with Gasteiger partial charge < -0.3 is 19.7 Å². The first-order chi connectivity index (χ1) is 8.40. The summed E-state index contributed by atoms with van der Waals surface area (Å²) in [4.78, 5) is 24.5. The molecule has 7 heteroatoms. The van der Waals surface area contributed by atoms with Gasteiger partial charge in [-0.3, -0.25) is 9.59 Å². The Bertz CT molecular complexity index is 430. The molecule has 0 spiro atoms. The Hall–Kier alpha value is -1.34. The fourth-order valence-electron chi connectivity index (χ4n) is 1.22. The lowest BCUT2D eigenvalue weighted by Gasteiger charge is -2.15. The molecule has 1 aromatic rings. The molecule has 2 N–H and O–H groups in total. The predicted octanol–water partition coefficient (Wildman–Crippen LogP) is 0.611. The van der Waals surface area contributed by atoms with Gasteiger partial charge in [-0.05, 0) is 35.0 Å². The maximum atomic E-state index is 11.8. The molecule has 2 amide bonds. The van der Waals surface area contributed by atoms with Crippen LogP contribution in [-0.2, 0) is 4.79 Å². The summed E-state index contributed by atoms with van der Waals surface area (Å²) < 4.78 is 5.56. The summed E-state index contributed by atoms with van der Waals surface area (Å²) in [7, 11) is 1.50. The van der Waals surface area contributed by atoms with Crippen molar-refractivity contribution in [2.75, 3.05) is 20.1 Å². The van der Waals surface area contributed by atoms with E-state index in [9.17, 15) is 9.59 Å². The van der Waals surface area contributed by atoms with Crippen LogP contribution in [-0.4, -0.2) is 48.1 Å². The Morgan fingerprint density at radius 2 is 2.22 bits per heavy atom. The molecule has 1 rings (SSSR count). The van der Waals surface area contributed by atoms with Crippen molar-refractivity contribution in [3.63, 3.8) is 0 Å². The average molecular weight is 319 g/mol. The van der Waals surface area contributed by atoms with Crippen molar-refractivity contribution in [3.8, 4) is 0 Å². The highest BCUT2D eigenvalue weighted by Gasteiger charge is 2.18. The first-order valence-electron chi connectivity index (χ1n) is 5.35. The van der Waals surface area contributed by atoms with Crippen LogP contribution in [0.5, 0.6) is 0 Å². The molecule has 1 heterocycles. The van der Waals surface area contributed by atoms with Gasteiger partial charge in [-0.25, -0.2) is 0 Å². The first kappa shape index (κ1) is 14.7. The number of hydrogen-bond acceptors (Lipinski definition) is 4. The van der Waals surface area contributed by atoms with E-state index < -0.39 is 6.10 Å². The van der Waals surface area contributed by atoms with Crippen LogP contribution < -0.4 is 5.32 Å². The van der Waals surface area contributed by atoms with Crippen molar-refractivity contribution in [2.24, 2.45) is 0 Å². The zero-order valence-corrected chi connectivity index (χ0v) is 11.7. The molecule has 0 aliphatic carbocycles. The summed E-state index contributed by atoms with van der Waals surface area (Å²) >= 11 is 3.10. The number of nitrogens with zero attached hydrogens (tertiary/aromatic N) is 1. The van der Waals surface area contributed by atoms with E-state index in [0.717, 1.165) is 0 Å². The Morgan fingerprint density at radius 3 is 2.72 bits per heavy atom. The van der Waals surface area contributed by atoms with Crippen molar-refractivity contribution >= 4 is 27.7 Å². The largest absolute Gasteiger partial charge is 0.444 e. The second-order valence-electron chi connectivity index (χ2n) is 3.92. The zero-order valence-electron chi connectivity index (χ0n) is 10.1. The molecule has 0 aliphatic rings. The van der Waals surface area contributed by atoms with E-state index in [0.29, 0.717) is 4.67 Å². The molecule has 1 aromatic heterocycles. The van der Waals surface area contributed by atoms with Gasteiger partial charge in [-0.15, -0.1) is 0 Å². The van der Waals surface area contributed by atoms with Crippen LogP contribution in [0, 0.1) is 0 Å². The highest BCUT2D eigenvalue weighted by atomic mass is 79.9. The normalized spacial score (nSPS) is 12.0. The summed E-state index contributed by atoms with van der Waals surface area (Å²) in [5.41, 5.74) is 0. The quantitative estimate of drug-likeness (QED) is 0.833. The Kier molecular flexibility index (Phi) is 5.36. The van der Waals surface area contributed by atoms with E-state index in [2.05, 4.69) is 21.2 Å². The average Bonchev–Trinajstić information content (AvgIpc) is 2.72. The summed E-state index contributed by atoms with van der Waals surface area (Å²) in [6, 6.07) is 3.13. The van der Waals surface area contributed by atoms with Crippen molar-refractivity contribution in [2.45, 2.75) is 13.0 Å². The van der Waals surface area contributed by atoms with Crippen LogP contribution in [0.1, 0.15) is 17.5 Å². The van der Waals surface area contributed by atoms with E-state index in [-0.39, 0.29) is 30.7 Å². The second kappa shape index (κ2) is 6.55. The molecule has 1 atom stereocenters. The zero-order chi connectivity index (χ0) is 13.7. The third-order valence-electron chi connectivity index (χ3n) is 2.11. The predicted molar refractivity (Wildman–Crippen MR) is 68.1 cm³/mol. The van der Waals surface area contributed by atoms with Crippen molar-refractivity contribution < 1.29 is 19.1 Å².